The molecule has 0 amide bonds. The Morgan fingerprint density at radius 3 is 2.64 bits per heavy atom. The van der Waals surface area contributed by atoms with E-state index in [0.717, 1.165) is 0 Å². The molecule has 0 fully saturated rings. The van der Waals surface area contributed by atoms with Crippen molar-refractivity contribution in [3.05, 3.63) is 38.9 Å². The van der Waals surface area contributed by atoms with Crippen molar-refractivity contribution < 1.29 is 0 Å². The first kappa shape index (κ1) is 8.36. The summed E-state index contributed by atoms with van der Waals surface area (Å²) in [5.74, 6) is 5.24. The molecule has 14 heavy (non-hydrogen) atoms. The molecular weight excluding hydrogens is 184 g/mol. The SMILES string of the molecule is Nc1ccc2c(=O)n(N)[nH]c(=O)c2c1. The minimum atomic E-state index is -0.459. The molecule has 2 rings (SSSR count). The zero-order valence-corrected chi connectivity index (χ0v) is 7.15. The van der Waals surface area contributed by atoms with Crippen LogP contribution in [0.4, 0.5) is 5.69 Å². The molecule has 0 radical (unpaired) electrons. The highest BCUT2D eigenvalue weighted by atomic mass is 16.2. The van der Waals surface area contributed by atoms with Crippen molar-refractivity contribution >= 4 is 16.5 Å². The number of nitrogens with two attached hydrogens (primary N) is 2. The van der Waals surface area contributed by atoms with Crippen LogP contribution in [0.15, 0.2) is 27.8 Å². The number of nitrogens with zero attached hydrogens (tertiary/aromatic N) is 1. The topological polar surface area (TPSA) is 107 Å². The molecule has 0 bridgehead atoms. The monoisotopic (exact) mass is 192 g/mol. The van der Waals surface area contributed by atoms with Crippen LogP contribution in [0.3, 0.4) is 0 Å². The van der Waals surface area contributed by atoms with Crippen LogP contribution in [0.5, 0.6) is 0 Å². The molecule has 1 aromatic heterocycles. The van der Waals surface area contributed by atoms with Crippen molar-refractivity contribution in [3.8, 4) is 0 Å². The van der Waals surface area contributed by atoms with Crippen molar-refractivity contribution in [1.82, 2.24) is 9.89 Å². The lowest BCUT2D eigenvalue weighted by Crippen LogP contribution is -2.35. The van der Waals surface area contributed by atoms with Gasteiger partial charge in [0.05, 0.1) is 10.8 Å². The molecule has 0 aliphatic carbocycles. The van der Waals surface area contributed by atoms with Crippen LogP contribution < -0.4 is 22.7 Å². The van der Waals surface area contributed by atoms with Crippen LogP contribution >= 0.6 is 0 Å². The van der Waals surface area contributed by atoms with Crippen molar-refractivity contribution in [2.45, 2.75) is 0 Å². The van der Waals surface area contributed by atoms with Gasteiger partial charge in [0.1, 0.15) is 0 Å². The summed E-state index contributed by atoms with van der Waals surface area (Å²) in [6.07, 6.45) is 0. The molecule has 0 aliphatic heterocycles. The van der Waals surface area contributed by atoms with Gasteiger partial charge in [-0.3, -0.25) is 9.59 Å². The van der Waals surface area contributed by atoms with Gasteiger partial charge in [0, 0.05) is 5.69 Å². The standard InChI is InChI=1S/C8H8N4O2/c9-4-1-2-5-6(3-4)7(13)11-12(10)8(5)14/h1-3H,9-10H2,(H,11,13). The van der Waals surface area contributed by atoms with E-state index in [0.29, 0.717) is 10.5 Å². The lowest BCUT2D eigenvalue weighted by Gasteiger charge is -2.00. The van der Waals surface area contributed by atoms with Crippen LogP contribution in [0.25, 0.3) is 10.8 Å². The molecule has 6 heteroatoms. The smallest absolute Gasteiger partial charge is 0.292 e. The molecule has 2 aromatic rings. The van der Waals surface area contributed by atoms with E-state index in [9.17, 15) is 9.59 Å². The van der Waals surface area contributed by atoms with E-state index in [1.54, 1.807) is 6.07 Å². The number of hydrogen-bond acceptors (Lipinski definition) is 4. The first-order chi connectivity index (χ1) is 6.59. The van der Waals surface area contributed by atoms with Crippen molar-refractivity contribution in [2.75, 3.05) is 11.6 Å². The van der Waals surface area contributed by atoms with E-state index in [2.05, 4.69) is 5.10 Å². The molecule has 0 aliphatic rings. The summed E-state index contributed by atoms with van der Waals surface area (Å²) in [5, 5.41) is 2.68. The minimum absolute atomic E-state index is 0.247. The number of hydrogen-bond donors (Lipinski definition) is 3. The molecule has 0 saturated carbocycles. The van der Waals surface area contributed by atoms with Crippen molar-refractivity contribution in [3.63, 3.8) is 0 Å². The van der Waals surface area contributed by atoms with Gasteiger partial charge in [0.15, 0.2) is 0 Å². The van der Waals surface area contributed by atoms with E-state index in [-0.39, 0.29) is 10.8 Å². The summed E-state index contributed by atoms with van der Waals surface area (Å²) in [6, 6.07) is 4.46. The van der Waals surface area contributed by atoms with Crippen molar-refractivity contribution in [1.29, 1.82) is 0 Å². The Hall–Kier alpha value is -2.24. The van der Waals surface area contributed by atoms with E-state index in [4.69, 9.17) is 11.6 Å². The molecule has 0 unspecified atom stereocenters. The zero-order valence-electron chi connectivity index (χ0n) is 7.15. The average Bonchev–Trinajstić information content (AvgIpc) is 2.14. The normalized spacial score (nSPS) is 10.6. The van der Waals surface area contributed by atoms with Gasteiger partial charge < -0.3 is 11.6 Å². The molecule has 6 nitrogen and oxygen atoms in total. The predicted octanol–water partition coefficient (Wildman–Crippen LogP) is -1.01. The van der Waals surface area contributed by atoms with Crippen molar-refractivity contribution in [2.24, 2.45) is 0 Å². The summed E-state index contributed by atoms with van der Waals surface area (Å²) < 4.78 is 0. The Kier molecular flexibility index (Phi) is 1.57. The van der Waals surface area contributed by atoms with E-state index in [1.165, 1.54) is 12.1 Å². The van der Waals surface area contributed by atoms with Gasteiger partial charge >= 0.3 is 0 Å². The fourth-order valence-corrected chi connectivity index (χ4v) is 1.29. The highest BCUT2D eigenvalue weighted by molar-refractivity contribution is 5.83. The maximum atomic E-state index is 11.4. The Morgan fingerprint density at radius 2 is 1.93 bits per heavy atom. The zero-order chi connectivity index (χ0) is 10.3. The Morgan fingerprint density at radius 1 is 1.21 bits per heavy atom. The minimum Gasteiger partial charge on any atom is -0.399 e. The van der Waals surface area contributed by atoms with Gasteiger partial charge in [-0.2, -0.15) is 4.79 Å². The Balaban J connectivity index is 3.10. The number of anilines is 1. The summed E-state index contributed by atoms with van der Waals surface area (Å²) in [5.41, 5.74) is 5.02. The molecule has 0 spiro atoms. The quantitative estimate of drug-likeness (QED) is 0.367. The van der Waals surface area contributed by atoms with Crippen LogP contribution in [0, 0.1) is 0 Å². The second-order valence-electron chi connectivity index (χ2n) is 2.92. The van der Waals surface area contributed by atoms with Gasteiger partial charge in [0.2, 0.25) is 0 Å². The Bertz CT molecular complexity index is 611. The number of nitrogens with one attached hydrogen (secondary N) is 1. The molecule has 1 aromatic carbocycles. The fraction of sp³-hybridized carbons (Fsp3) is 0. The number of nitrogen functional groups attached to an aromatic ring is 2. The Labute approximate surface area is 77.7 Å². The van der Waals surface area contributed by atoms with Crippen LogP contribution in [0.2, 0.25) is 0 Å². The second kappa shape index (κ2) is 2.63. The maximum absolute atomic E-state index is 11.4. The van der Waals surface area contributed by atoms with Gasteiger partial charge in [-0.25, -0.2) is 5.10 Å². The molecule has 72 valence electrons. The highest BCUT2D eigenvalue weighted by Crippen LogP contribution is 2.08. The van der Waals surface area contributed by atoms with Crippen LogP contribution in [-0.2, 0) is 0 Å². The highest BCUT2D eigenvalue weighted by Gasteiger charge is 2.04. The lowest BCUT2D eigenvalue weighted by molar-refractivity contribution is 0.759. The van der Waals surface area contributed by atoms with E-state index in [1.807, 2.05) is 0 Å². The van der Waals surface area contributed by atoms with E-state index < -0.39 is 11.1 Å². The predicted molar refractivity (Wildman–Crippen MR) is 53.4 cm³/mol. The number of rotatable bonds is 0. The average molecular weight is 192 g/mol. The number of benzene rings is 1. The molecule has 5 N–H and O–H groups in total. The summed E-state index contributed by atoms with van der Waals surface area (Å²) in [7, 11) is 0. The number of H-pyrrole nitrogens is 1. The summed E-state index contributed by atoms with van der Waals surface area (Å²) in [4.78, 5) is 23.4. The van der Waals surface area contributed by atoms with Gasteiger partial charge in [-0.1, -0.05) is 0 Å². The van der Waals surface area contributed by atoms with Gasteiger partial charge in [-0.15, -0.1) is 0 Å². The molecule has 0 atom stereocenters. The summed E-state index contributed by atoms with van der Waals surface area (Å²) >= 11 is 0. The summed E-state index contributed by atoms with van der Waals surface area (Å²) in [6.45, 7) is 0. The molecule has 1 heterocycles. The lowest BCUT2D eigenvalue weighted by atomic mass is 10.2. The number of aromatic amines is 1. The van der Waals surface area contributed by atoms with E-state index >= 15 is 0 Å². The fourth-order valence-electron chi connectivity index (χ4n) is 1.29. The first-order valence-corrected chi connectivity index (χ1v) is 3.89. The largest absolute Gasteiger partial charge is 0.399 e. The second-order valence-corrected chi connectivity index (χ2v) is 2.92. The number of fused-ring (bicyclic) bond motifs is 1. The third kappa shape index (κ3) is 1.05. The third-order valence-corrected chi connectivity index (χ3v) is 1.96. The molecular formula is C8H8N4O2. The first-order valence-electron chi connectivity index (χ1n) is 3.89. The van der Waals surface area contributed by atoms with Crippen LogP contribution in [0.1, 0.15) is 0 Å². The van der Waals surface area contributed by atoms with Gasteiger partial charge in [0.25, 0.3) is 11.1 Å². The number of aromatic nitrogens is 2. The molecule has 0 saturated heterocycles. The third-order valence-electron chi connectivity index (χ3n) is 1.96. The van der Waals surface area contributed by atoms with Gasteiger partial charge in [-0.05, 0) is 18.2 Å². The van der Waals surface area contributed by atoms with Crippen LogP contribution in [-0.4, -0.2) is 9.89 Å². The maximum Gasteiger partial charge on any atom is 0.292 e.